The van der Waals surface area contributed by atoms with Gasteiger partial charge < -0.3 is 4.90 Å². The molecule has 1 aromatic heterocycles. The lowest BCUT2D eigenvalue weighted by molar-refractivity contribution is -0.132. The number of hydrogen-bond donors (Lipinski definition) is 1. The molecule has 1 aliphatic rings. The lowest BCUT2D eigenvalue weighted by Crippen LogP contribution is -2.55. The highest BCUT2D eigenvalue weighted by Gasteiger charge is 2.35. The van der Waals surface area contributed by atoms with E-state index in [0.717, 1.165) is 26.9 Å². The summed E-state index contributed by atoms with van der Waals surface area (Å²) in [6.07, 6.45) is 2.01. The third-order valence-electron chi connectivity index (χ3n) is 8.60. The van der Waals surface area contributed by atoms with Crippen LogP contribution < -0.4 is 4.72 Å². The first-order valence-corrected chi connectivity index (χ1v) is 16.2. The van der Waals surface area contributed by atoms with Gasteiger partial charge in [0.25, 0.3) is 0 Å². The van der Waals surface area contributed by atoms with Crippen molar-refractivity contribution in [3.63, 3.8) is 0 Å². The van der Waals surface area contributed by atoms with E-state index >= 15 is 0 Å². The molecule has 2 aromatic carbocycles. The van der Waals surface area contributed by atoms with E-state index in [4.69, 9.17) is 0 Å². The number of benzene rings is 2. The van der Waals surface area contributed by atoms with Crippen LogP contribution in [0.2, 0.25) is 0 Å². The van der Waals surface area contributed by atoms with Crippen LogP contribution in [-0.2, 0) is 20.4 Å². The Labute approximate surface area is 252 Å². The van der Waals surface area contributed by atoms with Crippen molar-refractivity contribution in [1.29, 1.82) is 0 Å². The number of halogens is 1. The van der Waals surface area contributed by atoms with Crippen LogP contribution in [0, 0.1) is 34.6 Å². The number of piperazine rings is 1. The van der Waals surface area contributed by atoms with Gasteiger partial charge in [0.1, 0.15) is 5.69 Å². The van der Waals surface area contributed by atoms with Crippen LogP contribution >= 0.6 is 15.9 Å². The molecule has 1 aliphatic heterocycles. The van der Waals surface area contributed by atoms with Gasteiger partial charge in [-0.25, -0.2) is 17.8 Å². The predicted molar refractivity (Wildman–Crippen MR) is 164 cm³/mol. The fourth-order valence-corrected chi connectivity index (χ4v) is 7.26. The molecule has 0 spiro atoms. The number of amides is 1. The molecule has 222 valence electrons. The Hall–Kier alpha value is -2.60. The van der Waals surface area contributed by atoms with Crippen LogP contribution in [0.1, 0.15) is 65.9 Å². The van der Waals surface area contributed by atoms with Gasteiger partial charge in [-0.1, -0.05) is 39.3 Å². The number of hydrogen-bond acceptors (Lipinski definition) is 6. The molecule has 0 unspecified atom stereocenters. The molecule has 0 aliphatic carbocycles. The number of carbonyl (C=O) groups is 1. The zero-order valence-electron chi connectivity index (χ0n) is 25.2. The third-order valence-corrected chi connectivity index (χ3v) is 11.2. The minimum absolute atomic E-state index is 0.0355. The molecule has 1 N–H and O–H groups in total. The highest BCUT2D eigenvalue weighted by Crippen LogP contribution is 2.30. The molecule has 1 fully saturated rings. The molecule has 11 heteroatoms. The van der Waals surface area contributed by atoms with E-state index in [1.54, 1.807) is 18.7 Å². The summed E-state index contributed by atoms with van der Waals surface area (Å²) >= 11 is 3.56. The Morgan fingerprint density at radius 2 is 1.61 bits per heavy atom. The van der Waals surface area contributed by atoms with Crippen molar-refractivity contribution in [2.75, 3.05) is 32.7 Å². The lowest BCUT2D eigenvalue weighted by Gasteiger charge is -2.43. The van der Waals surface area contributed by atoms with Gasteiger partial charge >= 0.3 is 0 Å². The molecule has 0 saturated carbocycles. The molecule has 1 atom stereocenters. The number of nitrogens with one attached hydrogen (secondary N) is 1. The lowest BCUT2D eigenvalue weighted by atomic mass is 9.97. The molecule has 0 bridgehead atoms. The number of nitrogens with zero attached hydrogens (tertiary/aromatic N) is 5. The van der Waals surface area contributed by atoms with Crippen molar-refractivity contribution >= 4 is 31.9 Å². The van der Waals surface area contributed by atoms with Crippen molar-refractivity contribution in [3.05, 3.63) is 74.0 Å². The zero-order chi connectivity index (χ0) is 30.3. The van der Waals surface area contributed by atoms with Gasteiger partial charge in [-0.3, -0.25) is 9.69 Å². The Balaban J connectivity index is 1.37. The maximum absolute atomic E-state index is 13.2. The van der Waals surface area contributed by atoms with Crippen molar-refractivity contribution < 1.29 is 13.2 Å². The average molecular weight is 646 g/mol. The predicted octanol–water partition coefficient (Wildman–Crippen LogP) is 4.55. The van der Waals surface area contributed by atoms with Crippen LogP contribution in [0.25, 0.3) is 0 Å². The summed E-state index contributed by atoms with van der Waals surface area (Å²) in [5, 5.41) is 8.96. The third kappa shape index (κ3) is 6.43. The summed E-state index contributed by atoms with van der Waals surface area (Å²) in [6, 6.07) is 8.32. The van der Waals surface area contributed by atoms with Gasteiger partial charge in [0.15, 0.2) is 0 Å². The van der Waals surface area contributed by atoms with Gasteiger partial charge in [-0.2, -0.15) is 0 Å². The van der Waals surface area contributed by atoms with Crippen LogP contribution in [-0.4, -0.2) is 71.8 Å². The summed E-state index contributed by atoms with van der Waals surface area (Å²) < 4.78 is 31.9. The summed E-state index contributed by atoms with van der Waals surface area (Å²) in [5.74, 6) is -0.227. The summed E-state index contributed by atoms with van der Waals surface area (Å²) in [7, 11) is -3.83. The quantitative estimate of drug-likeness (QED) is 0.386. The highest BCUT2D eigenvalue weighted by molar-refractivity contribution is 9.10. The smallest absolute Gasteiger partial charge is 0.241 e. The number of rotatable bonds is 8. The van der Waals surface area contributed by atoms with Crippen molar-refractivity contribution in [2.24, 2.45) is 0 Å². The van der Waals surface area contributed by atoms with E-state index in [-0.39, 0.29) is 28.9 Å². The average Bonchev–Trinajstić information content (AvgIpc) is 3.43. The molecule has 0 radical (unpaired) electrons. The Kier molecular flexibility index (Phi) is 9.13. The largest absolute Gasteiger partial charge is 0.339 e. The minimum atomic E-state index is -3.83. The molecule has 3 aromatic rings. The van der Waals surface area contributed by atoms with Crippen LogP contribution in [0.15, 0.2) is 39.8 Å². The standard InChI is InChI=1S/C30H41BrN6O3S/c1-19-15-20(2)23(5)29(22(19)4)41(39,40)32-17-28(38)35-11-13-36(14-12-35)30(7,8)27-18-37(34-33-27)24(6)25-9-10-26(31)21(3)16-25/h9-10,15-16,18,24,32H,11-14,17H2,1-8H3/t24-/m0/s1. The fourth-order valence-electron chi connectivity index (χ4n) is 5.43. The Bertz CT molecular complexity index is 1530. The topological polar surface area (TPSA) is 100 Å². The SMILES string of the molecule is Cc1cc([C@H](C)n2cc(C(C)(C)N3CCN(C(=O)CNS(=O)(=O)c4c(C)c(C)cc(C)c4C)CC3)nn2)ccc1Br. The molecule has 41 heavy (non-hydrogen) atoms. The second-order valence-corrected chi connectivity index (χ2v) is 14.2. The van der Waals surface area contributed by atoms with Gasteiger partial charge in [-0.15, -0.1) is 5.10 Å². The van der Waals surface area contributed by atoms with Crippen LogP contribution in [0.3, 0.4) is 0 Å². The van der Waals surface area contributed by atoms with Gasteiger partial charge in [0, 0.05) is 30.7 Å². The molecular formula is C30H41BrN6O3S. The highest BCUT2D eigenvalue weighted by atomic mass is 79.9. The normalized spacial score (nSPS) is 15.8. The van der Waals surface area contributed by atoms with Crippen LogP contribution in [0.4, 0.5) is 0 Å². The van der Waals surface area contributed by atoms with Gasteiger partial charge in [0.05, 0.1) is 29.2 Å². The van der Waals surface area contributed by atoms with Crippen molar-refractivity contribution in [3.8, 4) is 0 Å². The second kappa shape index (κ2) is 11.9. The van der Waals surface area contributed by atoms with Crippen molar-refractivity contribution in [2.45, 2.75) is 71.9 Å². The summed E-state index contributed by atoms with van der Waals surface area (Å²) in [6.45, 7) is 17.9. The number of aromatic nitrogens is 3. The van der Waals surface area contributed by atoms with Gasteiger partial charge in [0.2, 0.25) is 15.9 Å². The Morgan fingerprint density at radius 3 is 2.20 bits per heavy atom. The minimum Gasteiger partial charge on any atom is -0.339 e. The molecule has 9 nitrogen and oxygen atoms in total. The number of carbonyl (C=O) groups excluding carboxylic acids is 1. The van der Waals surface area contributed by atoms with Gasteiger partial charge in [-0.05, 0) is 94.8 Å². The molecule has 4 rings (SSSR count). The van der Waals surface area contributed by atoms with Crippen molar-refractivity contribution in [1.82, 2.24) is 29.5 Å². The summed E-state index contributed by atoms with van der Waals surface area (Å²) in [4.78, 5) is 17.3. The van der Waals surface area contributed by atoms with E-state index in [1.165, 1.54) is 5.56 Å². The second-order valence-electron chi connectivity index (χ2n) is 11.6. The molecule has 2 heterocycles. The first-order chi connectivity index (χ1) is 19.1. The van der Waals surface area contributed by atoms with E-state index in [2.05, 4.69) is 81.8 Å². The van der Waals surface area contributed by atoms with E-state index in [9.17, 15) is 13.2 Å². The summed E-state index contributed by atoms with van der Waals surface area (Å²) in [5.41, 5.74) is 6.06. The van der Waals surface area contributed by atoms with E-state index in [0.29, 0.717) is 37.3 Å². The first kappa shape index (κ1) is 31.3. The molecule has 1 amide bonds. The molecule has 1 saturated heterocycles. The number of aryl methyl sites for hydroxylation is 3. The Morgan fingerprint density at radius 1 is 1.00 bits per heavy atom. The maximum atomic E-state index is 13.2. The van der Waals surface area contributed by atoms with E-state index in [1.807, 2.05) is 30.8 Å². The first-order valence-electron chi connectivity index (χ1n) is 13.9. The van der Waals surface area contributed by atoms with Crippen LogP contribution in [0.5, 0.6) is 0 Å². The number of sulfonamides is 1. The van der Waals surface area contributed by atoms with E-state index < -0.39 is 10.0 Å². The fraction of sp³-hybridized carbons (Fsp3) is 0.500. The zero-order valence-corrected chi connectivity index (χ0v) is 27.6. The maximum Gasteiger partial charge on any atom is 0.241 e. The monoisotopic (exact) mass is 644 g/mol. The molecular weight excluding hydrogens is 604 g/mol.